The Morgan fingerprint density at radius 1 is 1.13 bits per heavy atom. The van der Waals surface area contributed by atoms with Crippen molar-refractivity contribution < 1.29 is 14.6 Å². The fourth-order valence-electron chi connectivity index (χ4n) is 8.83. The summed E-state index contributed by atoms with van der Waals surface area (Å²) in [6.45, 7) is 14.3. The first-order valence-corrected chi connectivity index (χ1v) is 17.7. The number of nitrogens with one attached hydrogen (secondary N) is 1. The molecule has 4 bridgehead atoms. The van der Waals surface area contributed by atoms with Crippen LogP contribution in [0, 0.1) is 29.6 Å². The van der Waals surface area contributed by atoms with Crippen molar-refractivity contribution in [2.45, 2.75) is 110 Å². The van der Waals surface area contributed by atoms with Gasteiger partial charge in [-0.15, -0.1) is 0 Å². The molecule has 0 radical (unpaired) electrons. The fourth-order valence-corrected chi connectivity index (χ4v) is 8.83. The highest BCUT2D eigenvalue weighted by molar-refractivity contribution is 6.11. The number of benzene rings is 1. The number of primary amides is 1. The molecule has 0 aromatic heterocycles. The molecule has 0 saturated heterocycles. The molecule has 5 atom stereocenters. The number of anilines is 1. The molecule has 4 aliphatic carbocycles. The van der Waals surface area contributed by atoms with Crippen molar-refractivity contribution >= 4 is 23.5 Å². The molecule has 0 spiro atoms. The molecular formula is C37H57N5O3. The summed E-state index contributed by atoms with van der Waals surface area (Å²) < 4.78 is 5.75. The Kier molecular flexibility index (Phi) is 11.1. The zero-order valence-corrected chi connectivity index (χ0v) is 28.3. The zero-order valence-electron chi connectivity index (χ0n) is 28.3. The molecule has 1 amide bonds. The number of nitrogens with two attached hydrogens (primary N) is 1. The van der Waals surface area contributed by atoms with E-state index in [1.54, 1.807) is 0 Å². The van der Waals surface area contributed by atoms with E-state index in [0.29, 0.717) is 35.5 Å². The topological polar surface area (TPSA) is 113 Å². The van der Waals surface area contributed by atoms with Crippen molar-refractivity contribution in [1.29, 1.82) is 0 Å². The molecule has 8 nitrogen and oxygen atoms in total. The number of aliphatic imine (C=N–C) groups is 2. The van der Waals surface area contributed by atoms with Crippen LogP contribution in [0.2, 0.25) is 0 Å². The second kappa shape index (κ2) is 14.8. The molecule has 4 fully saturated rings. The van der Waals surface area contributed by atoms with Gasteiger partial charge < -0.3 is 25.8 Å². The minimum Gasteiger partial charge on any atom is -0.443 e. The van der Waals surface area contributed by atoms with Gasteiger partial charge in [-0.05, 0) is 131 Å². The number of ether oxygens (including phenoxy) is 1. The van der Waals surface area contributed by atoms with Crippen LogP contribution < -0.4 is 11.1 Å². The summed E-state index contributed by atoms with van der Waals surface area (Å²) in [4.78, 5) is 24.7. The van der Waals surface area contributed by atoms with Gasteiger partial charge in [0.05, 0.1) is 12.6 Å². The van der Waals surface area contributed by atoms with Gasteiger partial charge in [-0.25, -0.2) is 9.79 Å². The Bertz CT molecular complexity index is 1240. The largest absolute Gasteiger partial charge is 0.443 e. The van der Waals surface area contributed by atoms with Crippen LogP contribution in [0.4, 0.5) is 10.5 Å². The van der Waals surface area contributed by atoms with Gasteiger partial charge in [0.25, 0.3) is 0 Å². The van der Waals surface area contributed by atoms with Crippen LogP contribution >= 0.6 is 0 Å². The van der Waals surface area contributed by atoms with Gasteiger partial charge in [-0.2, -0.15) is 0 Å². The Labute approximate surface area is 271 Å². The third-order valence-corrected chi connectivity index (χ3v) is 11.3. The first kappa shape index (κ1) is 33.6. The molecule has 6 rings (SSSR count). The highest BCUT2D eigenvalue weighted by Crippen LogP contribution is 2.58. The first-order valence-electron chi connectivity index (χ1n) is 17.7. The summed E-state index contributed by atoms with van der Waals surface area (Å²) in [6, 6.07) is 9.13. The lowest BCUT2D eigenvalue weighted by Gasteiger charge is -2.57. The molecule has 45 heavy (non-hydrogen) atoms. The molecular weight excluding hydrogens is 562 g/mol. The Hall–Kier alpha value is -2.71. The number of rotatable bonds is 13. The molecule has 4 N–H and O–H groups in total. The summed E-state index contributed by atoms with van der Waals surface area (Å²) in [7, 11) is 0. The summed E-state index contributed by atoms with van der Waals surface area (Å²) in [5.41, 5.74) is 8.67. The molecule has 4 saturated carbocycles. The lowest BCUT2D eigenvalue weighted by atomic mass is 9.52. The van der Waals surface area contributed by atoms with E-state index in [9.17, 15) is 9.90 Å². The van der Waals surface area contributed by atoms with E-state index in [1.807, 2.05) is 0 Å². The summed E-state index contributed by atoms with van der Waals surface area (Å²) in [5, 5.41) is 13.1. The average molecular weight is 620 g/mol. The monoisotopic (exact) mass is 619 g/mol. The van der Waals surface area contributed by atoms with E-state index in [1.165, 1.54) is 5.56 Å². The van der Waals surface area contributed by atoms with Gasteiger partial charge >= 0.3 is 6.09 Å². The number of amides is 1. The van der Waals surface area contributed by atoms with Crippen LogP contribution in [0.15, 0.2) is 45.9 Å². The molecule has 1 aromatic carbocycles. The van der Waals surface area contributed by atoms with Gasteiger partial charge in [-0.1, -0.05) is 45.9 Å². The van der Waals surface area contributed by atoms with Gasteiger partial charge in [0, 0.05) is 18.2 Å². The van der Waals surface area contributed by atoms with E-state index in [0.717, 1.165) is 100 Å². The second-order valence-corrected chi connectivity index (χ2v) is 14.6. The minimum atomic E-state index is -0.640. The highest BCUT2D eigenvalue weighted by Gasteiger charge is 2.57. The Balaban J connectivity index is 1.28. The maximum atomic E-state index is 11.7. The molecule has 1 aliphatic heterocycles. The predicted octanol–water partition coefficient (Wildman–Crippen LogP) is 7.15. The third-order valence-electron chi connectivity index (χ3n) is 11.3. The maximum absolute atomic E-state index is 11.7. The first-order chi connectivity index (χ1) is 21.6. The molecule has 5 unspecified atom stereocenters. The van der Waals surface area contributed by atoms with E-state index in [4.69, 9.17) is 20.5 Å². The van der Waals surface area contributed by atoms with Crippen LogP contribution in [-0.2, 0) is 4.74 Å². The number of carbonyl (C=O) groups excluding carboxylic acids is 1. The number of nitrogens with zero attached hydrogens (tertiary/aromatic N) is 3. The van der Waals surface area contributed by atoms with E-state index >= 15 is 0 Å². The lowest BCUT2D eigenvalue weighted by Crippen LogP contribution is -2.58. The van der Waals surface area contributed by atoms with E-state index in [2.05, 4.69) is 75.2 Å². The van der Waals surface area contributed by atoms with Crippen LogP contribution in [0.3, 0.4) is 0 Å². The molecule has 8 heteroatoms. The smallest absolute Gasteiger partial charge is 0.405 e. The predicted molar refractivity (Wildman–Crippen MR) is 184 cm³/mol. The standard InChI is InChI=1S/C37H57N5O3/c1-6-15-42(17-18-43)16-14-24(3)26(5)29-10-12-32(13-11-29)39-35-28(7-2)9-8-25(4)34(41-35)40-33-30-19-27-20-31(33)23-37(21-27,22-30)45-36(38)44/h8,10-13,24,26-28,30-31,33,43H,6-7,9,14-23H2,1-5H3,(H2,38,44)(H,39,40,41). The summed E-state index contributed by atoms with van der Waals surface area (Å²) in [6.07, 6.45) is 10.8. The maximum Gasteiger partial charge on any atom is 0.405 e. The SMILES string of the molecule is CCCN(CCO)CCC(C)C(C)c1ccc(NC2=NC(=NC3C4CC5CC3CC(OC(N)=O)(C5)C4)C(C)=CCC2CC)cc1. The van der Waals surface area contributed by atoms with Crippen molar-refractivity contribution in [3.63, 3.8) is 0 Å². The molecule has 1 aromatic rings. The highest BCUT2D eigenvalue weighted by atomic mass is 16.6. The quantitative estimate of drug-likeness (QED) is 0.217. The van der Waals surface area contributed by atoms with Gasteiger partial charge in [0.2, 0.25) is 0 Å². The number of amidine groups is 2. The van der Waals surface area contributed by atoms with Crippen molar-refractivity contribution in [2.75, 3.05) is 31.6 Å². The third kappa shape index (κ3) is 7.99. The number of hydrogen-bond donors (Lipinski definition) is 3. The van der Waals surface area contributed by atoms with Crippen molar-refractivity contribution in [3.05, 3.63) is 41.5 Å². The normalized spacial score (nSPS) is 31.4. The van der Waals surface area contributed by atoms with Crippen molar-refractivity contribution in [1.82, 2.24) is 4.90 Å². The van der Waals surface area contributed by atoms with Crippen LogP contribution in [-0.4, -0.2) is 65.7 Å². The van der Waals surface area contributed by atoms with Gasteiger partial charge in [-0.3, -0.25) is 4.99 Å². The number of allylic oxidation sites excluding steroid dienone is 1. The Morgan fingerprint density at radius 2 is 1.84 bits per heavy atom. The number of aliphatic hydroxyl groups excluding tert-OH is 1. The van der Waals surface area contributed by atoms with Gasteiger partial charge in [0.1, 0.15) is 11.4 Å². The second-order valence-electron chi connectivity index (χ2n) is 14.6. The summed E-state index contributed by atoms with van der Waals surface area (Å²) >= 11 is 0. The fraction of sp³-hybridized carbons (Fsp3) is 0.703. The summed E-state index contributed by atoms with van der Waals surface area (Å²) in [5.74, 6) is 4.58. The van der Waals surface area contributed by atoms with Crippen molar-refractivity contribution in [2.24, 2.45) is 45.3 Å². The molecule has 5 aliphatic rings. The van der Waals surface area contributed by atoms with Crippen LogP contribution in [0.25, 0.3) is 0 Å². The van der Waals surface area contributed by atoms with Crippen LogP contribution in [0.5, 0.6) is 0 Å². The average Bonchev–Trinajstić information content (AvgIpc) is 3.14. The number of hydrogen-bond acceptors (Lipinski definition) is 6. The van der Waals surface area contributed by atoms with Crippen LogP contribution in [0.1, 0.15) is 104 Å². The van der Waals surface area contributed by atoms with E-state index < -0.39 is 6.09 Å². The lowest BCUT2D eigenvalue weighted by molar-refractivity contribution is -0.133. The molecule has 1 heterocycles. The van der Waals surface area contributed by atoms with Gasteiger partial charge in [0.15, 0.2) is 5.84 Å². The van der Waals surface area contributed by atoms with Crippen molar-refractivity contribution in [3.8, 4) is 0 Å². The van der Waals surface area contributed by atoms with E-state index in [-0.39, 0.29) is 18.2 Å². The number of aliphatic hydroxyl groups is 1. The number of carbonyl (C=O) groups is 1. The zero-order chi connectivity index (χ0) is 32.1. The minimum absolute atomic E-state index is 0.216. The Morgan fingerprint density at radius 3 is 2.47 bits per heavy atom. The molecule has 248 valence electrons.